The van der Waals surface area contributed by atoms with Gasteiger partial charge < -0.3 is 14.4 Å². The molecule has 2 aliphatic rings. The summed E-state index contributed by atoms with van der Waals surface area (Å²) in [6.45, 7) is 4.85. The second-order valence-corrected chi connectivity index (χ2v) is 11.4. The molecule has 2 aliphatic heterocycles. The Morgan fingerprint density at radius 2 is 1.70 bits per heavy atom. The summed E-state index contributed by atoms with van der Waals surface area (Å²) in [5.41, 5.74) is 1.29. The van der Waals surface area contributed by atoms with Crippen molar-refractivity contribution in [2.24, 2.45) is 0 Å². The highest BCUT2D eigenvalue weighted by Crippen LogP contribution is 2.36. The van der Waals surface area contributed by atoms with Crippen molar-refractivity contribution < 1.29 is 27.0 Å². The van der Waals surface area contributed by atoms with E-state index in [1.54, 1.807) is 28.8 Å². The molecule has 7 nitrogen and oxygen atoms in total. The molecular weight excluding hydrogens is 576 g/mol. The van der Waals surface area contributed by atoms with Crippen molar-refractivity contribution in [3.8, 4) is 5.75 Å². The third-order valence-corrected chi connectivity index (χ3v) is 8.75. The largest absolute Gasteiger partial charge is 0.494 e. The number of methoxy groups -OCH3 is 1. The van der Waals surface area contributed by atoms with Crippen LogP contribution in [0.3, 0.4) is 0 Å². The number of aryl methyl sites for hydroxylation is 1. The molecule has 3 heterocycles. The molecule has 0 N–H and O–H groups in total. The van der Waals surface area contributed by atoms with Crippen LogP contribution in [0.2, 0.25) is 0 Å². The zero-order valence-corrected chi connectivity index (χ0v) is 24.7. The Bertz CT molecular complexity index is 1680. The van der Waals surface area contributed by atoms with E-state index in [4.69, 9.17) is 9.47 Å². The van der Waals surface area contributed by atoms with Crippen LogP contribution in [0.4, 0.5) is 23.2 Å². The predicted octanol–water partition coefficient (Wildman–Crippen LogP) is 5.73. The number of rotatable bonds is 9. The summed E-state index contributed by atoms with van der Waals surface area (Å²) in [7, 11) is 1.47. The molecular formula is C33H36F4N4O3. The monoisotopic (exact) mass is 612 g/mol. The third-order valence-electron chi connectivity index (χ3n) is 8.75. The number of ether oxygens (including phenoxy) is 2. The lowest BCUT2D eigenvalue weighted by atomic mass is 10.1. The predicted molar refractivity (Wildman–Crippen MR) is 161 cm³/mol. The zero-order valence-electron chi connectivity index (χ0n) is 24.7. The van der Waals surface area contributed by atoms with Crippen LogP contribution in [0, 0.1) is 5.82 Å². The van der Waals surface area contributed by atoms with E-state index in [9.17, 15) is 18.0 Å². The van der Waals surface area contributed by atoms with Gasteiger partial charge in [0.2, 0.25) is 0 Å². The molecule has 4 aromatic rings. The van der Waals surface area contributed by atoms with Gasteiger partial charge in [-0.1, -0.05) is 36.4 Å². The van der Waals surface area contributed by atoms with E-state index in [1.807, 2.05) is 11.0 Å². The lowest BCUT2D eigenvalue weighted by Crippen LogP contribution is -2.37. The summed E-state index contributed by atoms with van der Waals surface area (Å²) in [5, 5.41) is 0. The Hall–Kier alpha value is -3.83. The molecule has 0 aliphatic carbocycles. The Labute approximate surface area is 253 Å². The van der Waals surface area contributed by atoms with E-state index < -0.39 is 17.4 Å². The number of anilines is 1. The molecule has 11 heteroatoms. The highest BCUT2D eigenvalue weighted by atomic mass is 19.4. The minimum atomic E-state index is -4.56. The molecule has 1 aromatic heterocycles. The number of benzene rings is 3. The first kappa shape index (κ1) is 30.2. The van der Waals surface area contributed by atoms with Crippen LogP contribution in [0.5, 0.6) is 5.75 Å². The molecule has 3 aromatic carbocycles. The van der Waals surface area contributed by atoms with Crippen molar-refractivity contribution in [1.82, 2.24) is 14.0 Å². The van der Waals surface area contributed by atoms with Crippen LogP contribution in [-0.2, 0) is 23.9 Å². The van der Waals surface area contributed by atoms with Crippen molar-refractivity contribution in [1.29, 1.82) is 0 Å². The van der Waals surface area contributed by atoms with E-state index in [1.165, 1.54) is 35.9 Å². The first-order valence-electron chi connectivity index (χ1n) is 15.0. The van der Waals surface area contributed by atoms with Gasteiger partial charge in [0.05, 0.1) is 49.7 Å². The van der Waals surface area contributed by atoms with Gasteiger partial charge in [0.1, 0.15) is 17.1 Å². The fourth-order valence-electron chi connectivity index (χ4n) is 6.66. The Morgan fingerprint density at radius 1 is 0.955 bits per heavy atom. The van der Waals surface area contributed by atoms with Crippen LogP contribution in [0.25, 0.3) is 11.0 Å². The molecule has 2 saturated heterocycles. The molecule has 0 unspecified atom stereocenters. The van der Waals surface area contributed by atoms with Crippen LogP contribution in [-0.4, -0.2) is 67.1 Å². The van der Waals surface area contributed by atoms with E-state index in [-0.39, 0.29) is 24.0 Å². The zero-order chi connectivity index (χ0) is 30.8. The molecule has 2 fully saturated rings. The second kappa shape index (κ2) is 12.6. The number of alkyl halides is 3. The minimum Gasteiger partial charge on any atom is -0.494 e. The van der Waals surface area contributed by atoms with E-state index in [2.05, 4.69) is 4.90 Å². The average Bonchev–Trinajstić information content (AvgIpc) is 3.59. The maximum atomic E-state index is 15.4. The van der Waals surface area contributed by atoms with Gasteiger partial charge in [-0.25, -0.2) is 9.18 Å². The van der Waals surface area contributed by atoms with Crippen molar-refractivity contribution in [3.05, 3.63) is 93.7 Å². The van der Waals surface area contributed by atoms with Gasteiger partial charge in [0, 0.05) is 26.2 Å². The van der Waals surface area contributed by atoms with E-state index >= 15 is 4.39 Å². The number of fused-ring (bicyclic) bond motifs is 1. The minimum absolute atomic E-state index is 0.00631. The summed E-state index contributed by atoms with van der Waals surface area (Å²) < 4.78 is 70.9. The molecule has 0 amide bonds. The number of imidazole rings is 1. The Balaban J connectivity index is 1.30. The van der Waals surface area contributed by atoms with Crippen molar-refractivity contribution >= 4 is 16.7 Å². The van der Waals surface area contributed by atoms with Gasteiger partial charge in [0.25, 0.3) is 0 Å². The summed E-state index contributed by atoms with van der Waals surface area (Å²) in [6.07, 6.45) is -2.37. The lowest BCUT2D eigenvalue weighted by molar-refractivity contribution is -0.138. The molecule has 0 bridgehead atoms. The SMILES string of the molecule is COc1cccc2c1n(Cc1ccccc1C(F)(F)F)c(=O)n2[C@@H]1CCN(c2c(F)cccc2CCCN2CCOCC2)C1. The first-order valence-corrected chi connectivity index (χ1v) is 15.0. The van der Waals surface area contributed by atoms with Crippen LogP contribution in [0.15, 0.2) is 65.5 Å². The fourth-order valence-corrected chi connectivity index (χ4v) is 6.66. The molecule has 1 atom stereocenters. The van der Waals surface area contributed by atoms with Gasteiger partial charge >= 0.3 is 11.9 Å². The maximum absolute atomic E-state index is 15.4. The quantitative estimate of drug-likeness (QED) is 0.226. The smallest absolute Gasteiger partial charge is 0.416 e. The number of morpholine rings is 1. The topological polar surface area (TPSA) is 51.9 Å². The molecule has 6 rings (SSSR count). The van der Waals surface area contributed by atoms with E-state index in [0.717, 1.165) is 57.3 Å². The highest BCUT2D eigenvalue weighted by molar-refractivity contribution is 5.83. The number of hydrogen-bond donors (Lipinski definition) is 0. The van der Waals surface area contributed by atoms with Crippen LogP contribution < -0.4 is 15.3 Å². The molecule has 44 heavy (non-hydrogen) atoms. The standard InChI is InChI=1S/C33H36F4N4O3/c1-43-29-13-5-12-28-31(29)40(21-24-7-2-3-10-26(24)33(35,36)37)32(42)41(28)25-14-16-39(22-25)30-23(8-4-11-27(30)34)9-6-15-38-17-19-44-20-18-38/h2-5,7-8,10-13,25H,6,9,14-22H2,1H3/t25-/m1/s1. The molecule has 0 radical (unpaired) electrons. The summed E-state index contributed by atoms with van der Waals surface area (Å²) in [6, 6.07) is 15.4. The maximum Gasteiger partial charge on any atom is 0.416 e. The summed E-state index contributed by atoms with van der Waals surface area (Å²) in [5.74, 6) is 0.101. The van der Waals surface area contributed by atoms with Gasteiger partial charge in [-0.2, -0.15) is 13.2 Å². The summed E-state index contributed by atoms with van der Waals surface area (Å²) in [4.78, 5) is 18.4. The number of hydrogen-bond acceptors (Lipinski definition) is 5. The highest BCUT2D eigenvalue weighted by Gasteiger charge is 2.35. The summed E-state index contributed by atoms with van der Waals surface area (Å²) >= 11 is 0. The first-order chi connectivity index (χ1) is 21.3. The van der Waals surface area contributed by atoms with Crippen molar-refractivity contribution in [3.63, 3.8) is 0 Å². The van der Waals surface area contributed by atoms with Crippen molar-refractivity contribution in [2.75, 3.05) is 57.9 Å². The average molecular weight is 613 g/mol. The van der Waals surface area contributed by atoms with Crippen LogP contribution >= 0.6 is 0 Å². The normalized spacial score (nSPS) is 17.9. The second-order valence-electron chi connectivity index (χ2n) is 11.4. The third kappa shape index (κ3) is 5.95. The molecule has 0 spiro atoms. The number of aromatic nitrogens is 2. The van der Waals surface area contributed by atoms with Gasteiger partial charge in [0.15, 0.2) is 0 Å². The van der Waals surface area contributed by atoms with Crippen molar-refractivity contribution in [2.45, 2.75) is 38.0 Å². The number of nitrogens with zero attached hydrogens (tertiary/aromatic N) is 4. The van der Waals surface area contributed by atoms with Gasteiger partial charge in [-0.3, -0.25) is 14.0 Å². The number of para-hydroxylation sites is 2. The van der Waals surface area contributed by atoms with Gasteiger partial charge in [-0.05, 0) is 61.2 Å². The van der Waals surface area contributed by atoms with Gasteiger partial charge in [-0.15, -0.1) is 0 Å². The number of halogens is 4. The van der Waals surface area contributed by atoms with Crippen LogP contribution in [0.1, 0.15) is 35.6 Å². The Morgan fingerprint density at radius 3 is 2.48 bits per heavy atom. The van der Waals surface area contributed by atoms with E-state index in [0.29, 0.717) is 42.0 Å². The Kier molecular flexibility index (Phi) is 8.68. The molecule has 234 valence electrons. The molecule has 0 saturated carbocycles. The fraction of sp³-hybridized carbons (Fsp3) is 0.424. The lowest BCUT2D eigenvalue weighted by Gasteiger charge is -2.27.